The van der Waals surface area contributed by atoms with Crippen molar-refractivity contribution in [3.05, 3.63) is 35.4 Å². The zero-order chi connectivity index (χ0) is 13.5. The molecule has 0 aromatic heterocycles. The summed E-state index contributed by atoms with van der Waals surface area (Å²) in [7, 11) is 1.83. The van der Waals surface area contributed by atoms with Gasteiger partial charge in [-0.2, -0.15) is 11.8 Å². The highest BCUT2D eigenvalue weighted by molar-refractivity contribution is 8.00. The van der Waals surface area contributed by atoms with Crippen LogP contribution in [0.15, 0.2) is 29.3 Å². The smallest absolute Gasteiger partial charge is 0.191 e. The monoisotopic (exact) mass is 277 g/mol. The van der Waals surface area contributed by atoms with E-state index in [1.165, 1.54) is 29.7 Å². The van der Waals surface area contributed by atoms with Gasteiger partial charge in [-0.3, -0.25) is 4.99 Å². The molecule has 1 fully saturated rings. The maximum absolute atomic E-state index is 4.28. The first-order valence-corrected chi connectivity index (χ1v) is 7.95. The van der Waals surface area contributed by atoms with Gasteiger partial charge in [0.1, 0.15) is 0 Å². The number of hydrogen-bond donors (Lipinski definition) is 2. The van der Waals surface area contributed by atoms with E-state index in [-0.39, 0.29) is 0 Å². The standard InChI is InChI=1S/C15H23N3S/c1-12-6-3-4-7-13(12)10-17-15(16-2)18-11-14-8-5-9-19-14/h3-4,6-7,14H,5,8-11H2,1-2H3,(H2,16,17,18). The minimum absolute atomic E-state index is 0.747. The lowest BCUT2D eigenvalue weighted by Crippen LogP contribution is -2.39. The Labute approximate surface area is 120 Å². The van der Waals surface area contributed by atoms with E-state index in [1.807, 2.05) is 7.05 Å². The Balaban J connectivity index is 1.78. The fourth-order valence-corrected chi connectivity index (χ4v) is 3.43. The van der Waals surface area contributed by atoms with E-state index in [0.717, 1.165) is 24.3 Å². The molecule has 2 N–H and O–H groups in total. The highest BCUT2D eigenvalue weighted by atomic mass is 32.2. The zero-order valence-electron chi connectivity index (χ0n) is 11.8. The third-order valence-electron chi connectivity index (χ3n) is 3.45. The second-order valence-electron chi connectivity index (χ2n) is 4.87. The normalized spacial score (nSPS) is 19.5. The Kier molecular flexibility index (Phi) is 5.58. The van der Waals surface area contributed by atoms with Crippen molar-refractivity contribution in [1.29, 1.82) is 0 Å². The summed E-state index contributed by atoms with van der Waals surface area (Å²) in [4.78, 5) is 4.28. The van der Waals surface area contributed by atoms with Gasteiger partial charge in [0.2, 0.25) is 0 Å². The molecule has 104 valence electrons. The van der Waals surface area contributed by atoms with Crippen LogP contribution in [-0.4, -0.2) is 30.6 Å². The molecule has 1 aliphatic rings. The zero-order valence-corrected chi connectivity index (χ0v) is 12.6. The van der Waals surface area contributed by atoms with Gasteiger partial charge in [-0.25, -0.2) is 0 Å². The highest BCUT2D eigenvalue weighted by Gasteiger charge is 2.15. The van der Waals surface area contributed by atoms with Gasteiger partial charge in [-0.05, 0) is 36.6 Å². The molecule has 1 aromatic carbocycles. The Bertz CT molecular complexity index is 425. The first kappa shape index (κ1) is 14.3. The average molecular weight is 277 g/mol. The fraction of sp³-hybridized carbons (Fsp3) is 0.533. The lowest BCUT2D eigenvalue weighted by molar-refractivity contribution is 0.725. The minimum atomic E-state index is 0.747. The molecular weight excluding hydrogens is 254 g/mol. The Morgan fingerprint density at radius 1 is 1.37 bits per heavy atom. The molecule has 2 rings (SSSR count). The summed E-state index contributed by atoms with van der Waals surface area (Å²) in [5.74, 6) is 2.21. The first-order chi connectivity index (χ1) is 9.29. The summed E-state index contributed by atoms with van der Waals surface area (Å²) in [6.45, 7) is 3.98. The van der Waals surface area contributed by atoms with Crippen LogP contribution in [0.4, 0.5) is 0 Å². The molecule has 1 aliphatic heterocycles. The molecule has 0 aliphatic carbocycles. The fourth-order valence-electron chi connectivity index (χ4n) is 2.22. The molecule has 4 heteroatoms. The van der Waals surface area contributed by atoms with Crippen molar-refractivity contribution in [3.63, 3.8) is 0 Å². The highest BCUT2D eigenvalue weighted by Crippen LogP contribution is 2.25. The number of nitrogens with zero attached hydrogens (tertiary/aromatic N) is 1. The van der Waals surface area contributed by atoms with Crippen molar-refractivity contribution in [1.82, 2.24) is 10.6 Å². The lowest BCUT2D eigenvalue weighted by atomic mass is 10.1. The molecule has 1 unspecified atom stereocenters. The summed E-state index contributed by atoms with van der Waals surface area (Å²) < 4.78 is 0. The number of thioether (sulfide) groups is 1. The molecule has 1 saturated heterocycles. The average Bonchev–Trinajstić information content (AvgIpc) is 2.94. The van der Waals surface area contributed by atoms with E-state index < -0.39 is 0 Å². The number of hydrogen-bond acceptors (Lipinski definition) is 2. The van der Waals surface area contributed by atoms with Gasteiger partial charge < -0.3 is 10.6 Å². The van der Waals surface area contributed by atoms with Crippen molar-refractivity contribution in [2.24, 2.45) is 4.99 Å². The summed E-state index contributed by atoms with van der Waals surface area (Å²) >= 11 is 2.07. The van der Waals surface area contributed by atoms with Gasteiger partial charge in [0.05, 0.1) is 0 Å². The molecule has 0 amide bonds. The molecular formula is C15H23N3S. The first-order valence-electron chi connectivity index (χ1n) is 6.90. The van der Waals surface area contributed by atoms with Crippen LogP contribution in [0.25, 0.3) is 0 Å². The molecule has 19 heavy (non-hydrogen) atoms. The number of benzene rings is 1. The molecule has 1 atom stereocenters. The molecule has 3 nitrogen and oxygen atoms in total. The van der Waals surface area contributed by atoms with Crippen LogP contribution in [0, 0.1) is 6.92 Å². The SMILES string of the molecule is CN=C(NCc1ccccc1C)NCC1CCCS1. The third-order valence-corrected chi connectivity index (χ3v) is 4.85. The molecule has 0 bridgehead atoms. The second kappa shape index (κ2) is 7.43. The number of nitrogens with one attached hydrogen (secondary N) is 2. The predicted molar refractivity (Wildman–Crippen MR) is 84.9 cm³/mol. The minimum Gasteiger partial charge on any atom is -0.355 e. The van der Waals surface area contributed by atoms with Crippen LogP contribution < -0.4 is 10.6 Å². The summed E-state index contributed by atoms with van der Waals surface area (Å²) in [5, 5.41) is 7.55. The van der Waals surface area contributed by atoms with Crippen LogP contribution >= 0.6 is 11.8 Å². The van der Waals surface area contributed by atoms with Gasteiger partial charge in [0, 0.05) is 25.4 Å². The molecule has 0 radical (unpaired) electrons. The van der Waals surface area contributed by atoms with Crippen LogP contribution in [-0.2, 0) is 6.54 Å². The predicted octanol–water partition coefficient (Wildman–Crippen LogP) is 2.56. The van der Waals surface area contributed by atoms with Crippen LogP contribution in [0.3, 0.4) is 0 Å². The molecule has 1 aromatic rings. The molecule has 1 heterocycles. The summed E-state index contributed by atoms with van der Waals surface area (Å²) in [5.41, 5.74) is 2.64. The number of aliphatic imine (C=N–C) groups is 1. The maximum atomic E-state index is 4.28. The van der Waals surface area contributed by atoms with E-state index >= 15 is 0 Å². The van der Waals surface area contributed by atoms with Crippen molar-refractivity contribution in [2.75, 3.05) is 19.3 Å². The van der Waals surface area contributed by atoms with Crippen molar-refractivity contribution in [3.8, 4) is 0 Å². The van der Waals surface area contributed by atoms with Gasteiger partial charge in [-0.1, -0.05) is 24.3 Å². The van der Waals surface area contributed by atoms with Crippen molar-refractivity contribution < 1.29 is 0 Å². The Hall–Kier alpha value is -1.16. The van der Waals surface area contributed by atoms with Crippen molar-refractivity contribution >= 4 is 17.7 Å². The largest absolute Gasteiger partial charge is 0.355 e. The van der Waals surface area contributed by atoms with Gasteiger partial charge >= 0.3 is 0 Å². The van der Waals surface area contributed by atoms with E-state index in [9.17, 15) is 0 Å². The third kappa shape index (κ3) is 4.46. The number of aryl methyl sites for hydroxylation is 1. The quantitative estimate of drug-likeness (QED) is 0.656. The van der Waals surface area contributed by atoms with E-state index in [4.69, 9.17) is 0 Å². The van der Waals surface area contributed by atoms with E-state index in [0.29, 0.717) is 0 Å². The van der Waals surface area contributed by atoms with Gasteiger partial charge in [-0.15, -0.1) is 0 Å². The van der Waals surface area contributed by atoms with Crippen LogP contribution in [0.5, 0.6) is 0 Å². The summed E-state index contributed by atoms with van der Waals surface area (Å²) in [6.07, 6.45) is 2.68. The molecule has 0 saturated carbocycles. The number of rotatable bonds is 4. The second-order valence-corrected chi connectivity index (χ2v) is 6.28. The molecule has 0 spiro atoms. The maximum Gasteiger partial charge on any atom is 0.191 e. The van der Waals surface area contributed by atoms with E-state index in [1.54, 1.807) is 0 Å². The van der Waals surface area contributed by atoms with E-state index in [2.05, 4.69) is 58.6 Å². The Morgan fingerprint density at radius 3 is 2.89 bits per heavy atom. The van der Waals surface area contributed by atoms with Crippen molar-refractivity contribution in [2.45, 2.75) is 31.6 Å². The lowest BCUT2D eigenvalue weighted by Gasteiger charge is -2.15. The van der Waals surface area contributed by atoms with Crippen LogP contribution in [0.2, 0.25) is 0 Å². The number of guanidine groups is 1. The van der Waals surface area contributed by atoms with Crippen LogP contribution in [0.1, 0.15) is 24.0 Å². The van der Waals surface area contributed by atoms with Gasteiger partial charge in [0.25, 0.3) is 0 Å². The Morgan fingerprint density at radius 2 is 2.21 bits per heavy atom. The van der Waals surface area contributed by atoms with Gasteiger partial charge in [0.15, 0.2) is 5.96 Å². The summed E-state index contributed by atoms with van der Waals surface area (Å²) in [6, 6.07) is 8.45. The topological polar surface area (TPSA) is 36.4 Å².